The second-order valence-corrected chi connectivity index (χ2v) is 7.18. The number of amides is 1. The number of anilines is 1. The first-order valence-corrected chi connectivity index (χ1v) is 9.39. The highest BCUT2D eigenvalue weighted by Gasteiger charge is 2.31. The Balaban J connectivity index is 1.63. The molecular formula is C21H24FN3O3. The van der Waals surface area contributed by atoms with Gasteiger partial charge in [0.1, 0.15) is 11.5 Å². The molecule has 1 heterocycles. The van der Waals surface area contributed by atoms with Gasteiger partial charge in [0.25, 0.3) is 5.69 Å². The van der Waals surface area contributed by atoms with Crippen molar-refractivity contribution in [1.82, 2.24) is 4.90 Å². The lowest BCUT2D eigenvalue weighted by atomic mass is 9.93. The Kier molecular flexibility index (Phi) is 5.92. The fourth-order valence-corrected chi connectivity index (χ4v) is 3.70. The summed E-state index contributed by atoms with van der Waals surface area (Å²) in [6, 6.07) is 12.7. The molecule has 0 spiro atoms. The van der Waals surface area contributed by atoms with Crippen LogP contribution in [0.4, 0.5) is 15.8 Å². The Bertz CT molecular complexity index is 848. The third-order valence-corrected chi connectivity index (χ3v) is 5.54. The van der Waals surface area contributed by atoms with Gasteiger partial charge in [0.2, 0.25) is 5.91 Å². The van der Waals surface area contributed by atoms with Gasteiger partial charge in [-0.1, -0.05) is 24.3 Å². The second kappa shape index (κ2) is 8.37. The van der Waals surface area contributed by atoms with Crippen LogP contribution in [0.1, 0.15) is 31.4 Å². The third-order valence-electron chi connectivity index (χ3n) is 5.54. The number of hydrogen-bond donors (Lipinski definition) is 0. The summed E-state index contributed by atoms with van der Waals surface area (Å²) in [7, 11) is 1.77. The van der Waals surface area contributed by atoms with Crippen molar-refractivity contribution in [3.05, 3.63) is 70.0 Å². The Morgan fingerprint density at radius 1 is 1.18 bits per heavy atom. The van der Waals surface area contributed by atoms with E-state index in [-0.39, 0.29) is 34.3 Å². The normalized spacial score (nSPS) is 15.9. The van der Waals surface area contributed by atoms with Gasteiger partial charge in [-0.15, -0.1) is 0 Å². The first-order chi connectivity index (χ1) is 13.4. The van der Waals surface area contributed by atoms with Crippen LogP contribution in [0, 0.1) is 21.8 Å². The van der Waals surface area contributed by atoms with E-state index < -0.39 is 0 Å². The highest BCUT2D eigenvalue weighted by molar-refractivity contribution is 5.79. The van der Waals surface area contributed by atoms with E-state index >= 15 is 0 Å². The van der Waals surface area contributed by atoms with E-state index in [0.717, 1.165) is 5.56 Å². The lowest BCUT2D eigenvalue weighted by Crippen LogP contribution is -2.42. The maximum absolute atomic E-state index is 13.1. The molecule has 28 heavy (non-hydrogen) atoms. The number of piperidine rings is 1. The number of benzene rings is 2. The summed E-state index contributed by atoms with van der Waals surface area (Å²) in [6.07, 6.45) is 1.29. The van der Waals surface area contributed by atoms with E-state index in [0.29, 0.717) is 31.6 Å². The first-order valence-electron chi connectivity index (χ1n) is 9.39. The number of para-hydroxylation sites is 2. The summed E-state index contributed by atoms with van der Waals surface area (Å²) in [5.41, 5.74) is 1.58. The van der Waals surface area contributed by atoms with Crippen LogP contribution in [0.15, 0.2) is 48.5 Å². The number of carbonyl (C=O) groups excluding carboxylic acids is 1. The number of halogens is 1. The molecule has 7 heteroatoms. The third kappa shape index (κ3) is 4.13. The van der Waals surface area contributed by atoms with Crippen LogP contribution in [0.5, 0.6) is 0 Å². The van der Waals surface area contributed by atoms with Gasteiger partial charge in [0.05, 0.1) is 11.0 Å². The van der Waals surface area contributed by atoms with Crippen LogP contribution < -0.4 is 4.90 Å². The molecule has 0 aromatic heterocycles. The summed E-state index contributed by atoms with van der Waals surface area (Å²) >= 11 is 0. The molecule has 1 fully saturated rings. The lowest BCUT2D eigenvalue weighted by molar-refractivity contribution is -0.384. The van der Waals surface area contributed by atoms with Gasteiger partial charge >= 0.3 is 0 Å². The molecule has 0 aliphatic carbocycles. The Hall–Kier alpha value is -2.96. The SMILES string of the molecule is C[C@@H](c1ccc(F)cc1)N(C)C(=O)C1CCN(c2ccccc2[N+](=O)[O-])CC1. The maximum atomic E-state index is 13.1. The van der Waals surface area contributed by atoms with E-state index in [9.17, 15) is 19.3 Å². The van der Waals surface area contributed by atoms with Crippen LogP contribution in [-0.4, -0.2) is 35.9 Å². The molecule has 1 amide bonds. The highest BCUT2D eigenvalue weighted by Crippen LogP contribution is 2.32. The molecule has 0 unspecified atom stereocenters. The van der Waals surface area contributed by atoms with Crippen molar-refractivity contribution < 1.29 is 14.1 Å². The van der Waals surface area contributed by atoms with Crippen molar-refractivity contribution in [3.8, 4) is 0 Å². The first kappa shape index (κ1) is 19.8. The summed E-state index contributed by atoms with van der Waals surface area (Å²) in [6.45, 7) is 3.12. The van der Waals surface area contributed by atoms with Crippen molar-refractivity contribution in [2.24, 2.45) is 5.92 Å². The van der Waals surface area contributed by atoms with Crippen LogP contribution in [-0.2, 0) is 4.79 Å². The number of nitrogens with zero attached hydrogens (tertiary/aromatic N) is 3. The zero-order valence-corrected chi connectivity index (χ0v) is 16.0. The summed E-state index contributed by atoms with van der Waals surface area (Å²) in [5.74, 6) is -0.363. The van der Waals surface area contributed by atoms with E-state index in [1.807, 2.05) is 11.8 Å². The summed E-state index contributed by atoms with van der Waals surface area (Å²) < 4.78 is 13.1. The zero-order chi connectivity index (χ0) is 20.3. The van der Waals surface area contributed by atoms with E-state index in [1.165, 1.54) is 18.2 Å². The van der Waals surface area contributed by atoms with Crippen LogP contribution >= 0.6 is 0 Å². The van der Waals surface area contributed by atoms with Gasteiger partial charge in [0, 0.05) is 32.1 Å². The fraction of sp³-hybridized carbons (Fsp3) is 0.381. The summed E-state index contributed by atoms with van der Waals surface area (Å²) in [4.78, 5) is 27.5. The molecule has 0 N–H and O–H groups in total. The molecule has 1 aliphatic heterocycles. The van der Waals surface area contributed by atoms with Gasteiger partial charge in [-0.2, -0.15) is 0 Å². The number of rotatable bonds is 5. The minimum absolute atomic E-state index is 0.0547. The van der Waals surface area contributed by atoms with Gasteiger partial charge in [0.15, 0.2) is 0 Å². The molecule has 6 nitrogen and oxygen atoms in total. The molecule has 1 atom stereocenters. The number of nitro benzene ring substituents is 1. The van der Waals surface area contributed by atoms with Crippen LogP contribution in [0.25, 0.3) is 0 Å². The molecule has 0 bridgehead atoms. The molecule has 2 aromatic rings. The van der Waals surface area contributed by atoms with Crippen molar-refractivity contribution in [1.29, 1.82) is 0 Å². The monoisotopic (exact) mass is 385 g/mol. The zero-order valence-electron chi connectivity index (χ0n) is 16.0. The molecule has 1 aliphatic rings. The topological polar surface area (TPSA) is 66.7 Å². The van der Waals surface area contributed by atoms with E-state index in [4.69, 9.17) is 0 Å². The second-order valence-electron chi connectivity index (χ2n) is 7.18. The smallest absolute Gasteiger partial charge is 0.292 e. The van der Waals surface area contributed by atoms with Crippen molar-refractivity contribution in [2.75, 3.05) is 25.0 Å². The molecular weight excluding hydrogens is 361 g/mol. The Labute approximate surface area is 163 Å². The van der Waals surface area contributed by atoms with Gasteiger partial charge < -0.3 is 9.80 Å². The van der Waals surface area contributed by atoms with Crippen molar-refractivity contribution >= 4 is 17.3 Å². The van der Waals surface area contributed by atoms with Gasteiger partial charge in [-0.05, 0) is 43.5 Å². The number of carbonyl (C=O) groups is 1. The minimum Gasteiger partial charge on any atom is -0.366 e. The Morgan fingerprint density at radius 3 is 2.39 bits per heavy atom. The standard InChI is InChI=1S/C21H24FN3O3/c1-15(16-7-9-18(22)10-8-16)23(2)21(26)17-11-13-24(14-12-17)19-5-3-4-6-20(19)25(27)28/h3-10,15,17H,11-14H2,1-2H3/t15-/m0/s1. The van der Waals surface area contributed by atoms with Crippen LogP contribution in [0.3, 0.4) is 0 Å². The van der Waals surface area contributed by atoms with E-state index in [1.54, 1.807) is 42.3 Å². The maximum Gasteiger partial charge on any atom is 0.292 e. The highest BCUT2D eigenvalue weighted by atomic mass is 19.1. The Morgan fingerprint density at radius 2 is 1.79 bits per heavy atom. The average Bonchev–Trinajstić information content (AvgIpc) is 2.73. The number of hydrogen-bond acceptors (Lipinski definition) is 4. The molecule has 0 radical (unpaired) electrons. The summed E-state index contributed by atoms with van der Waals surface area (Å²) in [5, 5.41) is 11.3. The van der Waals surface area contributed by atoms with E-state index in [2.05, 4.69) is 0 Å². The average molecular weight is 385 g/mol. The molecule has 1 saturated heterocycles. The molecule has 2 aromatic carbocycles. The minimum atomic E-state index is -0.370. The lowest BCUT2D eigenvalue weighted by Gasteiger charge is -2.35. The van der Waals surface area contributed by atoms with Gasteiger partial charge in [-0.3, -0.25) is 14.9 Å². The molecule has 0 saturated carbocycles. The number of nitro groups is 1. The van der Waals surface area contributed by atoms with Crippen LogP contribution in [0.2, 0.25) is 0 Å². The van der Waals surface area contributed by atoms with Gasteiger partial charge in [-0.25, -0.2) is 4.39 Å². The van der Waals surface area contributed by atoms with Crippen molar-refractivity contribution in [2.45, 2.75) is 25.8 Å². The van der Waals surface area contributed by atoms with Crippen molar-refractivity contribution in [3.63, 3.8) is 0 Å². The molecule has 148 valence electrons. The quantitative estimate of drug-likeness (QED) is 0.572. The predicted octanol–water partition coefficient (Wildman–Crippen LogP) is 4.17. The predicted molar refractivity (Wildman–Crippen MR) is 106 cm³/mol. The fourth-order valence-electron chi connectivity index (χ4n) is 3.70. The largest absolute Gasteiger partial charge is 0.366 e. The molecule has 3 rings (SSSR count).